The van der Waals surface area contributed by atoms with Crippen LogP contribution in [0.1, 0.15) is 17.3 Å². The van der Waals surface area contributed by atoms with E-state index in [1.165, 1.54) is 11.3 Å². The zero-order chi connectivity index (χ0) is 21.0. The van der Waals surface area contributed by atoms with Crippen LogP contribution >= 0.6 is 21.4 Å². The Morgan fingerprint density at radius 2 is 2.10 bits per heavy atom. The Morgan fingerprint density at radius 3 is 2.79 bits per heavy atom. The fourth-order valence-electron chi connectivity index (χ4n) is 2.60. The number of amides is 1. The second-order valence-electron chi connectivity index (χ2n) is 7.81. The first kappa shape index (κ1) is 21.8. The standard InChI is InChI=1S/C20H28N4O3S2/c1-14(12-25)21-19(26)15-11-24(13-27-9-10-29(2,3)4)23-18(15)20-22-16-7-5-6-8-17(16)28-20/h5-8,11,14,25H,9-10,12-13H2,1-4H3,(H,21,26)/t14-/m1/s1. The largest absolute Gasteiger partial charge is 0.394 e. The topological polar surface area (TPSA) is 89.3 Å². The molecule has 1 atom stereocenters. The number of hydrogen-bond donors (Lipinski definition) is 2. The van der Waals surface area contributed by atoms with E-state index < -0.39 is 10.0 Å². The van der Waals surface area contributed by atoms with E-state index in [-0.39, 0.29) is 25.3 Å². The van der Waals surface area contributed by atoms with Gasteiger partial charge >= 0.3 is 0 Å². The summed E-state index contributed by atoms with van der Waals surface area (Å²) in [5.74, 6) is 0.728. The van der Waals surface area contributed by atoms with Gasteiger partial charge in [-0.1, -0.05) is 12.1 Å². The summed E-state index contributed by atoms with van der Waals surface area (Å²) in [6.45, 7) is 2.54. The van der Waals surface area contributed by atoms with Crippen LogP contribution in [-0.2, 0) is 11.5 Å². The molecule has 1 amide bonds. The van der Waals surface area contributed by atoms with Crippen LogP contribution in [0, 0.1) is 0 Å². The molecule has 0 aliphatic rings. The normalized spacial score (nSPS) is 13.6. The number of fused-ring (bicyclic) bond motifs is 1. The molecule has 1 aromatic carbocycles. The number of benzene rings is 1. The molecule has 0 bridgehead atoms. The van der Waals surface area contributed by atoms with Crippen LogP contribution in [0.15, 0.2) is 30.5 Å². The second kappa shape index (κ2) is 9.25. The van der Waals surface area contributed by atoms with E-state index in [2.05, 4.69) is 34.2 Å². The third-order valence-corrected chi connectivity index (χ3v) is 6.65. The molecule has 0 aliphatic carbocycles. The molecule has 29 heavy (non-hydrogen) atoms. The van der Waals surface area contributed by atoms with Crippen LogP contribution in [-0.4, -0.2) is 69.6 Å². The van der Waals surface area contributed by atoms with E-state index in [0.717, 1.165) is 16.0 Å². The molecule has 0 aliphatic heterocycles. The van der Waals surface area contributed by atoms with E-state index in [0.29, 0.717) is 22.9 Å². The Balaban J connectivity index is 1.86. The van der Waals surface area contributed by atoms with Gasteiger partial charge in [0.15, 0.2) is 0 Å². The maximum absolute atomic E-state index is 12.8. The molecule has 0 saturated heterocycles. The molecular weight excluding hydrogens is 408 g/mol. The predicted molar refractivity (Wildman–Crippen MR) is 121 cm³/mol. The summed E-state index contributed by atoms with van der Waals surface area (Å²) >= 11 is 1.50. The lowest BCUT2D eigenvalue weighted by atomic mass is 10.2. The Hall–Kier alpha value is -1.94. The van der Waals surface area contributed by atoms with E-state index >= 15 is 0 Å². The molecule has 158 valence electrons. The molecule has 2 aromatic heterocycles. The molecule has 9 heteroatoms. The van der Waals surface area contributed by atoms with E-state index in [1.807, 2.05) is 24.3 Å². The molecule has 2 N–H and O–H groups in total. The van der Waals surface area contributed by atoms with Gasteiger partial charge in [0.25, 0.3) is 5.91 Å². The van der Waals surface area contributed by atoms with Crippen LogP contribution in [0.2, 0.25) is 0 Å². The minimum absolute atomic E-state index is 0.130. The maximum Gasteiger partial charge on any atom is 0.255 e. The minimum Gasteiger partial charge on any atom is -0.394 e. The smallest absolute Gasteiger partial charge is 0.255 e. The van der Waals surface area contributed by atoms with Crippen molar-refractivity contribution in [3.8, 4) is 10.7 Å². The van der Waals surface area contributed by atoms with Crippen molar-refractivity contribution in [1.82, 2.24) is 20.1 Å². The van der Waals surface area contributed by atoms with Crippen molar-refractivity contribution in [1.29, 1.82) is 0 Å². The number of aromatic nitrogens is 3. The SMILES string of the molecule is C[C@H](CO)NC(=O)c1cn(COCCS(C)(C)C)nc1-c1nc2ccccc2s1. The van der Waals surface area contributed by atoms with Crippen LogP contribution < -0.4 is 5.32 Å². The quantitative estimate of drug-likeness (QED) is 0.504. The van der Waals surface area contributed by atoms with Crippen molar-refractivity contribution < 1.29 is 14.6 Å². The van der Waals surface area contributed by atoms with Crippen molar-refractivity contribution in [3.05, 3.63) is 36.0 Å². The highest BCUT2D eigenvalue weighted by Gasteiger charge is 2.22. The molecule has 7 nitrogen and oxygen atoms in total. The minimum atomic E-state index is -0.620. The third kappa shape index (κ3) is 5.79. The number of nitrogens with zero attached hydrogens (tertiary/aromatic N) is 3. The highest BCUT2D eigenvalue weighted by molar-refractivity contribution is 8.32. The number of aliphatic hydroxyl groups excluding tert-OH is 1. The number of aliphatic hydroxyl groups is 1. The van der Waals surface area contributed by atoms with Gasteiger partial charge in [0.2, 0.25) is 0 Å². The van der Waals surface area contributed by atoms with Gasteiger partial charge in [-0.3, -0.25) is 4.79 Å². The third-order valence-electron chi connectivity index (χ3n) is 4.22. The van der Waals surface area contributed by atoms with Gasteiger partial charge in [-0.05, 0) is 37.8 Å². The Kier molecular flexibility index (Phi) is 6.94. The van der Waals surface area contributed by atoms with Gasteiger partial charge in [-0.25, -0.2) is 19.7 Å². The molecule has 0 fully saturated rings. The maximum atomic E-state index is 12.8. The van der Waals surface area contributed by atoms with Gasteiger partial charge in [0.05, 0.1) is 29.0 Å². The number of rotatable bonds is 9. The first-order chi connectivity index (χ1) is 13.8. The van der Waals surface area contributed by atoms with Crippen molar-refractivity contribution >= 4 is 37.5 Å². The number of thiazole rings is 1. The van der Waals surface area contributed by atoms with Gasteiger partial charge in [-0.2, -0.15) is 5.10 Å². The molecule has 0 radical (unpaired) electrons. The molecule has 0 saturated carbocycles. The Bertz CT molecular complexity index is 945. The number of nitrogens with one attached hydrogen (secondary N) is 1. The zero-order valence-corrected chi connectivity index (χ0v) is 18.8. The average molecular weight is 437 g/mol. The van der Waals surface area contributed by atoms with Gasteiger partial charge < -0.3 is 15.2 Å². The Morgan fingerprint density at radius 1 is 1.34 bits per heavy atom. The number of hydrogen-bond acceptors (Lipinski definition) is 6. The summed E-state index contributed by atoms with van der Waals surface area (Å²) in [4.78, 5) is 17.4. The van der Waals surface area contributed by atoms with E-state index in [4.69, 9.17) is 4.74 Å². The summed E-state index contributed by atoms with van der Waals surface area (Å²) in [5, 5.41) is 17.3. The first-order valence-electron chi connectivity index (χ1n) is 9.35. The molecule has 0 unspecified atom stereocenters. The van der Waals surface area contributed by atoms with Crippen LogP contribution in [0.5, 0.6) is 0 Å². The molecule has 2 heterocycles. The van der Waals surface area contributed by atoms with Gasteiger partial charge in [0, 0.05) is 18.0 Å². The number of carbonyl (C=O) groups excluding carboxylic acids is 1. The monoisotopic (exact) mass is 436 g/mol. The van der Waals surface area contributed by atoms with E-state index in [1.54, 1.807) is 17.8 Å². The fraction of sp³-hybridized carbons (Fsp3) is 0.450. The first-order valence-corrected chi connectivity index (χ1v) is 13.2. The lowest BCUT2D eigenvalue weighted by Gasteiger charge is -2.24. The zero-order valence-electron chi connectivity index (χ0n) is 17.2. The Labute approximate surface area is 176 Å². The van der Waals surface area contributed by atoms with Crippen molar-refractivity contribution in [2.45, 2.75) is 19.7 Å². The summed E-state index contributed by atoms with van der Waals surface area (Å²) in [6, 6.07) is 7.49. The molecule has 0 spiro atoms. The van der Waals surface area contributed by atoms with Crippen molar-refractivity contribution in [3.63, 3.8) is 0 Å². The lowest BCUT2D eigenvalue weighted by molar-refractivity contribution is 0.0808. The summed E-state index contributed by atoms with van der Waals surface area (Å²) in [5.41, 5.74) is 1.83. The average Bonchev–Trinajstić information content (AvgIpc) is 3.28. The number of para-hydroxylation sites is 1. The second-order valence-corrected chi connectivity index (χ2v) is 13.4. The van der Waals surface area contributed by atoms with Crippen LogP contribution in [0.4, 0.5) is 0 Å². The predicted octanol–water partition coefficient (Wildman–Crippen LogP) is 2.94. The summed E-state index contributed by atoms with van der Waals surface area (Å²) in [7, 11) is -0.620. The summed E-state index contributed by atoms with van der Waals surface area (Å²) in [6.07, 6.45) is 8.44. The number of ether oxygens (including phenoxy) is 1. The molecule has 3 rings (SSSR count). The van der Waals surface area contributed by atoms with Crippen LogP contribution in [0.25, 0.3) is 20.9 Å². The summed E-state index contributed by atoms with van der Waals surface area (Å²) < 4.78 is 8.45. The molecular formula is C20H28N4O3S2. The van der Waals surface area contributed by atoms with Gasteiger partial charge in [-0.15, -0.1) is 11.3 Å². The number of carbonyl (C=O) groups is 1. The molecule has 3 aromatic rings. The fourth-order valence-corrected chi connectivity index (χ4v) is 4.18. The van der Waals surface area contributed by atoms with Crippen molar-refractivity contribution in [2.24, 2.45) is 0 Å². The highest BCUT2D eigenvalue weighted by Crippen LogP contribution is 2.34. The highest BCUT2D eigenvalue weighted by atomic mass is 32.3. The van der Waals surface area contributed by atoms with E-state index in [9.17, 15) is 9.90 Å². The van der Waals surface area contributed by atoms with Crippen LogP contribution in [0.3, 0.4) is 0 Å². The lowest BCUT2D eigenvalue weighted by Crippen LogP contribution is -2.35. The van der Waals surface area contributed by atoms with Gasteiger partial charge in [0.1, 0.15) is 17.4 Å². The van der Waals surface area contributed by atoms with Crippen molar-refractivity contribution in [2.75, 3.05) is 37.7 Å².